The maximum absolute atomic E-state index is 4.43. The first-order valence-corrected chi connectivity index (χ1v) is 4.98. The van der Waals surface area contributed by atoms with Gasteiger partial charge in [0.1, 0.15) is 0 Å². The number of nitrogens with zero attached hydrogens (tertiary/aromatic N) is 2. The maximum Gasteiger partial charge on any atom is 0.153 e. The molecule has 1 aromatic rings. The van der Waals surface area contributed by atoms with Crippen LogP contribution in [0.25, 0.3) is 0 Å². The van der Waals surface area contributed by atoms with E-state index in [9.17, 15) is 0 Å². The van der Waals surface area contributed by atoms with E-state index in [0.29, 0.717) is 0 Å². The molecule has 0 aromatic heterocycles. The van der Waals surface area contributed by atoms with Crippen molar-refractivity contribution < 1.29 is 0 Å². The molecule has 0 unspecified atom stereocenters. The molecular weight excluding hydrogens is 172 g/mol. The molecule has 0 radical (unpaired) electrons. The molecule has 0 aliphatic carbocycles. The van der Waals surface area contributed by atoms with E-state index in [4.69, 9.17) is 0 Å². The van der Waals surface area contributed by atoms with E-state index in [1.807, 2.05) is 6.07 Å². The summed E-state index contributed by atoms with van der Waals surface area (Å²) in [6, 6.07) is 10.4. The average molecular weight is 186 g/mol. The van der Waals surface area contributed by atoms with Crippen LogP contribution in [0.5, 0.6) is 0 Å². The van der Waals surface area contributed by atoms with Gasteiger partial charge in [-0.15, -0.1) is 0 Å². The van der Waals surface area contributed by atoms with Crippen molar-refractivity contribution in [1.29, 1.82) is 0 Å². The van der Waals surface area contributed by atoms with Crippen molar-refractivity contribution in [3.63, 3.8) is 0 Å². The lowest BCUT2D eigenvalue weighted by atomic mass is 9.98. The second-order valence-corrected chi connectivity index (χ2v) is 3.55. The molecular formula is C12H14N2. The summed E-state index contributed by atoms with van der Waals surface area (Å²) in [6.45, 7) is 2.13. The standard InChI is InChI=1S/C12H14N2/c1-2-12(13-8-9-14-12)10-11-6-4-3-5-7-11/h3-9H,2,10H2,1H3. The smallest absolute Gasteiger partial charge is 0.153 e. The molecule has 1 aliphatic heterocycles. The third-order valence-electron chi connectivity index (χ3n) is 2.59. The molecule has 0 bridgehead atoms. The van der Waals surface area contributed by atoms with E-state index in [-0.39, 0.29) is 5.66 Å². The Morgan fingerprint density at radius 1 is 1.07 bits per heavy atom. The molecule has 0 N–H and O–H groups in total. The van der Waals surface area contributed by atoms with E-state index < -0.39 is 0 Å². The van der Waals surface area contributed by atoms with Crippen LogP contribution in [0.4, 0.5) is 0 Å². The molecule has 2 nitrogen and oxygen atoms in total. The lowest BCUT2D eigenvalue weighted by Crippen LogP contribution is -2.23. The molecule has 0 spiro atoms. The van der Waals surface area contributed by atoms with Crippen LogP contribution in [-0.4, -0.2) is 18.1 Å². The van der Waals surface area contributed by atoms with Crippen molar-refractivity contribution in [2.75, 3.05) is 0 Å². The van der Waals surface area contributed by atoms with Gasteiger partial charge in [0, 0.05) is 18.9 Å². The van der Waals surface area contributed by atoms with E-state index in [1.165, 1.54) is 5.56 Å². The molecule has 0 fully saturated rings. The Kier molecular flexibility index (Phi) is 2.44. The number of benzene rings is 1. The summed E-state index contributed by atoms with van der Waals surface area (Å²) >= 11 is 0. The molecule has 1 heterocycles. The highest BCUT2D eigenvalue weighted by atomic mass is 15.1. The minimum absolute atomic E-state index is 0.221. The molecule has 14 heavy (non-hydrogen) atoms. The summed E-state index contributed by atoms with van der Waals surface area (Å²) in [5.41, 5.74) is 1.08. The van der Waals surface area contributed by atoms with Crippen LogP contribution < -0.4 is 0 Å². The van der Waals surface area contributed by atoms with Crippen LogP contribution in [0, 0.1) is 0 Å². The first-order valence-electron chi connectivity index (χ1n) is 4.98. The monoisotopic (exact) mass is 186 g/mol. The normalized spacial score (nSPS) is 17.5. The largest absolute Gasteiger partial charge is 0.261 e. The summed E-state index contributed by atoms with van der Waals surface area (Å²) in [4.78, 5) is 8.87. The minimum Gasteiger partial charge on any atom is -0.261 e. The van der Waals surface area contributed by atoms with Crippen LogP contribution >= 0.6 is 0 Å². The van der Waals surface area contributed by atoms with Crippen LogP contribution in [0.15, 0.2) is 40.3 Å². The molecule has 1 aromatic carbocycles. The van der Waals surface area contributed by atoms with Gasteiger partial charge in [0.25, 0.3) is 0 Å². The lowest BCUT2D eigenvalue weighted by molar-refractivity contribution is 0.442. The zero-order chi connectivity index (χ0) is 9.86. The van der Waals surface area contributed by atoms with Gasteiger partial charge in [0.15, 0.2) is 5.66 Å². The first-order chi connectivity index (χ1) is 6.85. The quantitative estimate of drug-likeness (QED) is 0.693. The Labute approximate surface area is 84.4 Å². The highest BCUT2D eigenvalue weighted by molar-refractivity contribution is 6.17. The van der Waals surface area contributed by atoms with E-state index in [2.05, 4.69) is 41.2 Å². The summed E-state index contributed by atoms with van der Waals surface area (Å²) < 4.78 is 0. The predicted molar refractivity (Wildman–Crippen MR) is 60.2 cm³/mol. The summed E-state index contributed by atoms with van der Waals surface area (Å²) in [5.74, 6) is 0. The Hall–Kier alpha value is -1.44. The van der Waals surface area contributed by atoms with Crippen molar-refractivity contribution in [2.24, 2.45) is 9.98 Å². The third-order valence-corrected chi connectivity index (χ3v) is 2.59. The summed E-state index contributed by atoms with van der Waals surface area (Å²) in [6.07, 6.45) is 5.45. The molecule has 0 atom stereocenters. The van der Waals surface area contributed by atoms with Gasteiger partial charge in [-0.3, -0.25) is 9.98 Å². The fraction of sp³-hybridized carbons (Fsp3) is 0.333. The average Bonchev–Trinajstić information content (AvgIpc) is 2.69. The number of hydrogen-bond acceptors (Lipinski definition) is 2. The highest BCUT2D eigenvalue weighted by Gasteiger charge is 2.27. The fourth-order valence-corrected chi connectivity index (χ4v) is 1.70. The number of aliphatic imine (C=N–C) groups is 2. The molecule has 2 rings (SSSR count). The lowest BCUT2D eigenvalue weighted by Gasteiger charge is -2.21. The van der Waals surface area contributed by atoms with Gasteiger partial charge in [0.2, 0.25) is 0 Å². The number of rotatable bonds is 3. The van der Waals surface area contributed by atoms with Crippen molar-refractivity contribution in [2.45, 2.75) is 25.4 Å². The maximum atomic E-state index is 4.43. The van der Waals surface area contributed by atoms with E-state index >= 15 is 0 Å². The van der Waals surface area contributed by atoms with Gasteiger partial charge < -0.3 is 0 Å². The number of hydrogen-bond donors (Lipinski definition) is 0. The molecule has 72 valence electrons. The van der Waals surface area contributed by atoms with Crippen molar-refractivity contribution in [1.82, 2.24) is 0 Å². The van der Waals surface area contributed by atoms with Gasteiger partial charge in [-0.05, 0) is 12.0 Å². The van der Waals surface area contributed by atoms with Crippen LogP contribution in [0.3, 0.4) is 0 Å². The van der Waals surface area contributed by atoms with Crippen LogP contribution in [-0.2, 0) is 6.42 Å². The topological polar surface area (TPSA) is 24.7 Å². The molecule has 2 heteroatoms. The van der Waals surface area contributed by atoms with Gasteiger partial charge in [-0.2, -0.15) is 0 Å². The second-order valence-electron chi connectivity index (χ2n) is 3.55. The first kappa shape index (κ1) is 9.13. The third kappa shape index (κ3) is 1.74. The van der Waals surface area contributed by atoms with Gasteiger partial charge in [-0.1, -0.05) is 37.3 Å². The molecule has 0 saturated carbocycles. The van der Waals surface area contributed by atoms with Gasteiger partial charge in [-0.25, -0.2) is 0 Å². The predicted octanol–water partition coefficient (Wildman–Crippen LogP) is 2.49. The highest BCUT2D eigenvalue weighted by Crippen LogP contribution is 2.24. The Morgan fingerprint density at radius 3 is 2.29 bits per heavy atom. The van der Waals surface area contributed by atoms with Gasteiger partial charge >= 0.3 is 0 Å². The summed E-state index contributed by atoms with van der Waals surface area (Å²) in [7, 11) is 0. The van der Waals surface area contributed by atoms with Crippen LogP contribution in [0.1, 0.15) is 18.9 Å². The van der Waals surface area contributed by atoms with E-state index in [0.717, 1.165) is 12.8 Å². The Balaban J connectivity index is 2.17. The fourth-order valence-electron chi connectivity index (χ4n) is 1.70. The van der Waals surface area contributed by atoms with Crippen molar-refractivity contribution in [3.05, 3.63) is 35.9 Å². The minimum atomic E-state index is -0.221. The zero-order valence-electron chi connectivity index (χ0n) is 8.35. The second kappa shape index (κ2) is 3.74. The summed E-state index contributed by atoms with van der Waals surface area (Å²) in [5, 5.41) is 0. The molecule has 1 aliphatic rings. The van der Waals surface area contributed by atoms with Crippen LogP contribution in [0.2, 0.25) is 0 Å². The van der Waals surface area contributed by atoms with Gasteiger partial charge in [0.05, 0.1) is 0 Å². The zero-order valence-corrected chi connectivity index (χ0v) is 8.35. The van der Waals surface area contributed by atoms with Crippen molar-refractivity contribution >= 4 is 12.4 Å². The van der Waals surface area contributed by atoms with E-state index in [1.54, 1.807) is 12.4 Å². The Morgan fingerprint density at radius 2 is 1.71 bits per heavy atom. The Bertz CT molecular complexity index is 340. The molecule has 0 saturated heterocycles. The SMILES string of the molecule is CCC1(Cc2ccccc2)N=CC=N1. The van der Waals surface area contributed by atoms with Crippen molar-refractivity contribution in [3.8, 4) is 0 Å². The molecule has 0 amide bonds.